The number of hydrogen-bond donors (Lipinski definition) is 0. The van der Waals surface area contributed by atoms with E-state index < -0.39 is 0 Å². The van der Waals surface area contributed by atoms with Gasteiger partial charge in [0, 0.05) is 62.6 Å². The van der Waals surface area contributed by atoms with Gasteiger partial charge in [-0.1, -0.05) is 146 Å². The molecule has 0 bridgehead atoms. The maximum atomic E-state index is 4.99. The van der Waals surface area contributed by atoms with Crippen molar-refractivity contribution in [1.82, 2.24) is 15.0 Å². The Kier molecular flexibility index (Phi) is 6.86. The number of nitrogens with zero attached hydrogens (tertiary/aromatic N) is 3. The largest absolute Gasteiger partial charge is 0.208 e. The lowest BCUT2D eigenvalue weighted by Gasteiger charge is -2.13. The standard InChI is InChI=1S/C45H27N3S2/c1-3-13-28(14-4-1)43-46-44(29-15-5-2-6-16-29)48-45(47-43)30-25-26-37-40(27-30)49-39-24-12-20-34(41(37)39)31-17-7-8-18-32(31)35-21-11-22-36-33-19-9-10-23-38(33)50-42(35)36/h1-27H. The highest BCUT2D eigenvalue weighted by Crippen LogP contribution is 2.46. The van der Waals surface area contributed by atoms with Crippen LogP contribution in [-0.2, 0) is 0 Å². The minimum absolute atomic E-state index is 0.665. The highest BCUT2D eigenvalue weighted by molar-refractivity contribution is 7.26. The van der Waals surface area contributed by atoms with Gasteiger partial charge in [0.25, 0.3) is 0 Å². The van der Waals surface area contributed by atoms with E-state index in [1.54, 1.807) is 0 Å². The normalized spacial score (nSPS) is 11.6. The zero-order valence-corrected chi connectivity index (χ0v) is 28.4. The van der Waals surface area contributed by atoms with Crippen molar-refractivity contribution < 1.29 is 0 Å². The molecule has 0 aliphatic carbocycles. The molecule has 7 aromatic carbocycles. The van der Waals surface area contributed by atoms with Crippen molar-refractivity contribution in [3.63, 3.8) is 0 Å². The van der Waals surface area contributed by atoms with Crippen LogP contribution in [0.4, 0.5) is 0 Å². The second-order valence-corrected chi connectivity index (χ2v) is 14.5. The summed E-state index contributed by atoms with van der Waals surface area (Å²) >= 11 is 3.70. The maximum Gasteiger partial charge on any atom is 0.164 e. The van der Waals surface area contributed by atoms with Gasteiger partial charge in [-0.15, -0.1) is 22.7 Å². The Balaban J connectivity index is 1.14. The first kappa shape index (κ1) is 29.0. The predicted octanol–water partition coefficient (Wildman–Crippen LogP) is 12.9. The fraction of sp³-hybridized carbons (Fsp3) is 0. The number of rotatable bonds is 5. The monoisotopic (exact) mass is 673 g/mol. The minimum Gasteiger partial charge on any atom is -0.208 e. The molecule has 0 unspecified atom stereocenters. The van der Waals surface area contributed by atoms with Gasteiger partial charge in [0.05, 0.1) is 0 Å². The van der Waals surface area contributed by atoms with Gasteiger partial charge in [0.1, 0.15) is 0 Å². The molecule has 3 nitrogen and oxygen atoms in total. The molecule has 0 fully saturated rings. The molecule has 0 saturated heterocycles. The Hall–Kier alpha value is -6.01. The Bertz CT molecular complexity index is 2810. The molecule has 5 heteroatoms. The van der Waals surface area contributed by atoms with E-state index in [1.165, 1.54) is 62.6 Å². The number of fused-ring (bicyclic) bond motifs is 6. The first-order valence-corrected chi connectivity index (χ1v) is 18.2. The molecule has 0 amide bonds. The van der Waals surface area contributed by atoms with Crippen molar-refractivity contribution >= 4 is 63.0 Å². The van der Waals surface area contributed by atoms with Gasteiger partial charge >= 0.3 is 0 Å². The van der Waals surface area contributed by atoms with E-state index in [0.717, 1.165) is 16.7 Å². The molecule has 234 valence electrons. The quantitative estimate of drug-likeness (QED) is 0.182. The summed E-state index contributed by atoms with van der Waals surface area (Å²) in [6, 6.07) is 57.9. The van der Waals surface area contributed by atoms with E-state index in [2.05, 4.69) is 103 Å². The second-order valence-electron chi connectivity index (χ2n) is 12.4. The topological polar surface area (TPSA) is 38.7 Å². The van der Waals surface area contributed by atoms with Crippen LogP contribution in [0.1, 0.15) is 0 Å². The lowest BCUT2D eigenvalue weighted by Crippen LogP contribution is -1.99. The molecule has 0 saturated carbocycles. The van der Waals surface area contributed by atoms with E-state index in [4.69, 9.17) is 15.0 Å². The molecule has 0 N–H and O–H groups in total. The first-order valence-electron chi connectivity index (χ1n) is 16.6. The Labute approximate surface area is 296 Å². The van der Waals surface area contributed by atoms with Crippen LogP contribution in [-0.4, -0.2) is 15.0 Å². The summed E-state index contributed by atoms with van der Waals surface area (Å²) in [4.78, 5) is 14.9. The molecule has 0 atom stereocenters. The van der Waals surface area contributed by atoms with Crippen molar-refractivity contribution in [2.24, 2.45) is 0 Å². The fourth-order valence-electron chi connectivity index (χ4n) is 7.04. The number of thiophene rings is 2. The van der Waals surface area contributed by atoms with E-state index in [1.807, 2.05) is 83.3 Å². The number of benzene rings is 7. The van der Waals surface area contributed by atoms with Crippen LogP contribution in [0.2, 0.25) is 0 Å². The molecule has 50 heavy (non-hydrogen) atoms. The van der Waals surface area contributed by atoms with Crippen molar-refractivity contribution in [3.8, 4) is 56.4 Å². The molecule has 0 radical (unpaired) electrons. The van der Waals surface area contributed by atoms with Crippen LogP contribution in [0, 0.1) is 0 Å². The van der Waals surface area contributed by atoms with E-state index >= 15 is 0 Å². The van der Waals surface area contributed by atoms with E-state index in [9.17, 15) is 0 Å². The van der Waals surface area contributed by atoms with Gasteiger partial charge in [-0.2, -0.15) is 0 Å². The highest BCUT2D eigenvalue weighted by Gasteiger charge is 2.18. The van der Waals surface area contributed by atoms with E-state index in [0.29, 0.717) is 17.5 Å². The molecular weight excluding hydrogens is 647 g/mol. The first-order chi connectivity index (χ1) is 24.8. The average Bonchev–Trinajstić information content (AvgIpc) is 3.77. The summed E-state index contributed by atoms with van der Waals surface area (Å²) in [6.45, 7) is 0. The number of aromatic nitrogens is 3. The SMILES string of the molecule is c1ccc(-c2nc(-c3ccccc3)nc(-c3ccc4c(c3)sc3cccc(-c5ccccc5-c5cccc6c5sc5ccccc56)c34)n2)cc1. The predicted molar refractivity (Wildman–Crippen MR) is 213 cm³/mol. The molecule has 0 spiro atoms. The second kappa shape index (κ2) is 11.8. The third-order valence-electron chi connectivity index (χ3n) is 9.37. The fourth-order valence-corrected chi connectivity index (χ4v) is 9.44. The minimum atomic E-state index is 0.665. The van der Waals surface area contributed by atoms with Crippen LogP contribution in [0.5, 0.6) is 0 Å². The summed E-state index contributed by atoms with van der Waals surface area (Å²) in [5.74, 6) is 2.00. The Morgan fingerprint density at radius 2 is 0.860 bits per heavy atom. The van der Waals surface area contributed by atoms with Gasteiger partial charge in [-0.25, -0.2) is 15.0 Å². The molecule has 0 aliphatic heterocycles. The van der Waals surface area contributed by atoms with Crippen LogP contribution in [0.15, 0.2) is 164 Å². The van der Waals surface area contributed by atoms with Gasteiger partial charge in [0.2, 0.25) is 0 Å². The summed E-state index contributed by atoms with van der Waals surface area (Å²) < 4.78 is 5.11. The van der Waals surface area contributed by atoms with Crippen molar-refractivity contribution in [2.75, 3.05) is 0 Å². The number of hydrogen-bond acceptors (Lipinski definition) is 5. The maximum absolute atomic E-state index is 4.99. The summed E-state index contributed by atoms with van der Waals surface area (Å²) in [7, 11) is 0. The highest BCUT2D eigenvalue weighted by atomic mass is 32.1. The van der Waals surface area contributed by atoms with Gasteiger partial charge in [-0.05, 0) is 34.9 Å². The molecular formula is C45H27N3S2. The van der Waals surface area contributed by atoms with Gasteiger partial charge < -0.3 is 0 Å². The summed E-state index contributed by atoms with van der Waals surface area (Å²) in [5.41, 5.74) is 7.91. The Morgan fingerprint density at radius 1 is 0.320 bits per heavy atom. The molecule has 3 aromatic heterocycles. The van der Waals surface area contributed by atoms with Crippen LogP contribution in [0.25, 0.3) is 96.8 Å². The lowest BCUT2D eigenvalue weighted by atomic mass is 9.91. The summed E-state index contributed by atoms with van der Waals surface area (Å²) in [6.07, 6.45) is 0. The lowest BCUT2D eigenvalue weighted by molar-refractivity contribution is 1.07. The molecule has 10 aromatic rings. The van der Waals surface area contributed by atoms with Crippen LogP contribution in [0.3, 0.4) is 0 Å². The van der Waals surface area contributed by atoms with Crippen LogP contribution >= 0.6 is 22.7 Å². The zero-order valence-electron chi connectivity index (χ0n) is 26.7. The molecule has 0 aliphatic rings. The van der Waals surface area contributed by atoms with Crippen molar-refractivity contribution in [1.29, 1.82) is 0 Å². The van der Waals surface area contributed by atoms with Crippen molar-refractivity contribution in [2.45, 2.75) is 0 Å². The van der Waals surface area contributed by atoms with Crippen LogP contribution < -0.4 is 0 Å². The third-order valence-corrected chi connectivity index (χ3v) is 11.7. The Morgan fingerprint density at radius 3 is 1.60 bits per heavy atom. The van der Waals surface area contributed by atoms with Gasteiger partial charge in [0.15, 0.2) is 17.5 Å². The third kappa shape index (κ3) is 4.82. The van der Waals surface area contributed by atoms with E-state index in [-0.39, 0.29) is 0 Å². The van der Waals surface area contributed by atoms with Gasteiger partial charge in [-0.3, -0.25) is 0 Å². The molecule has 3 heterocycles. The molecule has 10 rings (SSSR count). The van der Waals surface area contributed by atoms with Crippen molar-refractivity contribution in [3.05, 3.63) is 164 Å². The summed E-state index contributed by atoms with van der Waals surface area (Å²) in [5, 5.41) is 5.15. The smallest absolute Gasteiger partial charge is 0.164 e. The zero-order chi connectivity index (χ0) is 33.0. The average molecular weight is 674 g/mol.